The van der Waals surface area contributed by atoms with E-state index in [4.69, 9.17) is 19.3 Å². The number of nitrogens with one attached hydrogen (secondary N) is 1. The van der Waals surface area contributed by atoms with E-state index in [1.165, 1.54) is 11.8 Å². The van der Waals surface area contributed by atoms with E-state index in [9.17, 15) is 14.4 Å². The van der Waals surface area contributed by atoms with Crippen molar-refractivity contribution in [3.8, 4) is 5.88 Å². The van der Waals surface area contributed by atoms with E-state index >= 15 is 0 Å². The summed E-state index contributed by atoms with van der Waals surface area (Å²) in [6.45, 7) is 7.93. The van der Waals surface area contributed by atoms with Crippen LogP contribution in [0.25, 0.3) is 0 Å². The van der Waals surface area contributed by atoms with Crippen LogP contribution in [0.2, 0.25) is 0 Å². The number of rotatable bonds is 11. The van der Waals surface area contributed by atoms with Gasteiger partial charge in [0.05, 0.1) is 6.61 Å². The van der Waals surface area contributed by atoms with Gasteiger partial charge in [-0.05, 0) is 34.0 Å². The second-order valence-electron chi connectivity index (χ2n) is 6.71. The van der Waals surface area contributed by atoms with Gasteiger partial charge in [-0.3, -0.25) is 0 Å². The van der Waals surface area contributed by atoms with Crippen LogP contribution in [0.1, 0.15) is 37.4 Å². The number of aliphatic carboxylic acids is 1. The molecule has 0 radical (unpaired) electrons. The largest absolute Gasteiger partial charge is 0.478 e. The summed E-state index contributed by atoms with van der Waals surface area (Å²) in [6.07, 6.45) is 2.60. The third-order valence-corrected chi connectivity index (χ3v) is 5.12. The van der Waals surface area contributed by atoms with E-state index in [2.05, 4.69) is 10.3 Å². The van der Waals surface area contributed by atoms with Crippen molar-refractivity contribution in [2.45, 2.75) is 43.7 Å². The molecule has 0 aliphatic carbocycles. The SMILES string of the molecule is CCOC(=O)c1sc(SC)nc1OC[C@H](CNC(C)(C)C)OC(=O)/C=C\C(=O)O. The third-order valence-electron chi connectivity index (χ3n) is 3.12. The van der Waals surface area contributed by atoms with Crippen molar-refractivity contribution in [1.82, 2.24) is 10.3 Å². The summed E-state index contributed by atoms with van der Waals surface area (Å²) in [7, 11) is 0. The van der Waals surface area contributed by atoms with E-state index in [0.29, 0.717) is 10.4 Å². The fraction of sp³-hybridized carbons (Fsp3) is 0.556. The molecule has 0 saturated carbocycles. The van der Waals surface area contributed by atoms with Gasteiger partial charge in [0, 0.05) is 24.2 Å². The molecule has 0 aliphatic heterocycles. The second-order valence-corrected chi connectivity index (χ2v) is 8.76. The zero-order valence-electron chi connectivity index (χ0n) is 17.0. The average Bonchev–Trinajstić information content (AvgIpc) is 3.05. The van der Waals surface area contributed by atoms with Crippen LogP contribution in [-0.2, 0) is 19.1 Å². The normalized spacial score (nSPS) is 12.6. The molecular weight excluding hydrogens is 420 g/mol. The fourth-order valence-electron chi connectivity index (χ4n) is 1.87. The number of thiazole rings is 1. The molecule has 1 rings (SSSR count). The number of carbonyl (C=O) groups excluding carboxylic acids is 2. The number of thioether (sulfide) groups is 1. The molecule has 9 nitrogen and oxygen atoms in total. The van der Waals surface area contributed by atoms with Gasteiger partial charge in [0.1, 0.15) is 12.7 Å². The maximum absolute atomic E-state index is 12.1. The van der Waals surface area contributed by atoms with E-state index in [1.54, 1.807) is 6.92 Å². The maximum atomic E-state index is 12.1. The molecule has 0 fully saturated rings. The van der Waals surface area contributed by atoms with Gasteiger partial charge in [-0.1, -0.05) is 23.1 Å². The summed E-state index contributed by atoms with van der Waals surface area (Å²) in [5, 5.41) is 11.8. The zero-order chi connectivity index (χ0) is 22.0. The van der Waals surface area contributed by atoms with Crippen molar-refractivity contribution in [2.24, 2.45) is 0 Å². The number of aromatic nitrogens is 1. The lowest BCUT2D eigenvalue weighted by atomic mass is 10.1. The topological polar surface area (TPSA) is 124 Å². The van der Waals surface area contributed by atoms with Crippen LogP contribution in [0.4, 0.5) is 0 Å². The zero-order valence-corrected chi connectivity index (χ0v) is 18.6. The van der Waals surface area contributed by atoms with Gasteiger partial charge in [0.2, 0.25) is 5.88 Å². The Morgan fingerprint density at radius 2 is 2.00 bits per heavy atom. The Morgan fingerprint density at radius 3 is 2.55 bits per heavy atom. The molecule has 162 valence electrons. The number of carboxylic acid groups (broad SMARTS) is 1. The summed E-state index contributed by atoms with van der Waals surface area (Å²) in [6, 6.07) is 0. The summed E-state index contributed by atoms with van der Waals surface area (Å²) >= 11 is 2.52. The number of nitrogens with zero attached hydrogens (tertiary/aromatic N) is 1. The lowest BCUT2D eigenvalue weighted by Crippen LogP contribution is -2.44. The van der Waals surface area contributed by atoms with Crippen molar-refractivity contribution in [3.63, 3.8) is 0 Å². The Bertz CT molecular complexity index is 741. The maximum Gasteiger partial charge on any atom is 0.354 e. The summed E-state index contributed by atoms with van der Waals surface area (Å²) in [5.74, 6) is -2.50. The van der Waals surface area contributed by atoms with E-state index in [1.807, 2.05) is 27.0 Å². The average molecular weight is 447 g/mol. The highest BCUT2D eigenvalue weighted by atomic mass is 32.2. The number of hydrogen-bond donors (Lipinski definition) is 2. The smallest absolute Gasteiger partial charge is 0.354 e. The quantitative estimate of drug-likeness (QED) is 0.297. The Balaban J connectivity index is 2.90. The fourth-order valence-corrected chi connectivity index (χ4v) is 3.26. The lowest BCUT2D eigenvalue weighted by Gasteiger charge is -2.25. The minimum Gasteiger partial charge on any atom is -0.478 e. The van der Waals surface area contributed by atoms with Crippen LogP contribution in [0.3, 0.4) is 0 Å². The highest BCUT2D eigenvalue weighted by molar-refractivity contribution is 8.00. The predicted octanol–water partition coefficient (Wildman–Crippen LogP) is 2.36. The van der Waals surface area contributed by atoms with Gasteiger partial charge in [-0.25, -0.2) is 14.4 Å². The lowest BCUT2D eigenvalue weighted by molar-refractivity contribution is -0.145. The molecule has 1 heterocycles. The molecule has 0 aromatic carbocycles. The molecule has 2 N–H and O–H groups in total. The summed E-state index contributed by atoms with van der Waals surface area (Å²) in [4.78, 5) is 39.0. The molecule has 0 unspecified atom stereocenters. The number of hydrogen-bond acceptors (Lipinski definition) is 10. The second kappa shape index (κ2) is 11.8. The first kappa shape index (κ1) is 24.9. The number of esters is 2. The molecule has 29 heavy (non-hydrogen) atoms. The molecule has 0 aliphatic rings. The predicted molar refractivity (Wildman–Crippen MR) is 110 cm³/mol. The minimum absolute atomic E-state index is 0.0836. The van der Waals surface area contributed by atoms with Crippen molar-refractivity contribution in [2.75, 3.05) is 26.0 Å². The molecule has 1 atom stereocenters. The molecule has 0 saturated heterocycles. The summed E-state index contributed by atoms with van der Waals surface area (Å²) < 4.78 is 16.6. The first-order valence-corrected chi connectivity index (χ1v) is 10.8. The Labute approximate surface area is 177 Å². The van der Waals surface area contributed by atoms with Gasteiger partial charge < -0.3 is 24.6 Å². The van der Waals surface area contributed by atoms with Crippen LogP contribution < -0.4 is 10.1 Å². The van der Waals surface area contributed by atoms with Crippen LogP contribution in [0, 0.1) is 0 Å². The molecule has 11 heteroatoms. The minimum atomic E-state index is -1.26. The Hall–Kier alpha value is -2.11. The van der Waals surface area contributed by atoms with Crippen LogP contribution in [0.5, 0.6) is 5.88 Å². The first-order valence-electron chi connectivity index (χ1n) is 8.77. The van der Waals surface area contributed by atoms with E-state index < -0.39 is 24.0 Å². The molecular formula is C18H26N2O7S2. The van der Waals surface area contributed by atoms with Crippen LogP contribution in [-0.4, -0.2) is 65.7 Å². The van der Waals surface area contributed by atoms with E-state index in [0.717, 1.165) is 17.4 Å². The Morgan fingerprint density at radius 1 is 1.31 bits per heavy atom. The monoisotopic (exact) mass is 446 g/mol. The third kappa shape index (κ3) is 9.77. The molecule has 1 aromatic heterocycles. The van der Waals surface area contributed by atoms with Crippen LogP contribution in [0.15, 0.2) is 16.5 Å². The van der Waals surface area contributed by atoms with E-state index in [-0.39, 0.29) is 36.1 Å². The highest BCUT2D eigenvalue weighted by Crippen LogP contribution is 2.31. The number of ether oxygens (including phenoxy) is 3. The standard InChI is InChI=1S/C18H26N2O7S2/c1-6-25-16(24)14-15(20-17(28-5)29-14)26-10-11(9-19-18(2,3)4)27-13(23)8-7-12(21)22/h7-8,11,19H,6,9-10H2,1-5H3,(H,21,22)/b8-7-/t11-/m0/s1. The molecule has 0 amide bonds. The molecule has 0 spiro atoms. The van der Waals surface area contributed by atoms with Gasteiger partial charge >= 0.3 is 17.9 Å². The molecule has 1 aromatic rings. The van der Waals surface area contributed by atoms with Gasteiger partial charge in [0.15, 0.2) is 9.22 Å². The van der Waals surface area contributed by atoms with Gasteiger partial charge in [-0.15, -0.1) is 0 Å². The number of carboxylic acids is 1. The van der Waals surface area contributed by atoms with Crippen molar-refractivity contribution in [1.29, 1.82) is 0 Å². The van der Waals surface area contributed by atoms with Crippen molar-refractivity contribution in [3.05, 3.63) is 17.0 Å². The van der Waals surface area contributed by atoms with Crippen molar-refractivity contribution >= 4 is 41.0 Å². The van der Waals surface area contributed by atoms with Crippen molar-refractivity contribution < 1.29 is 33.7 Å². The van der Waals surface area contributed by atoms with Crippen LogP contribution >= 0.6 is 23.1 Å². The van der Waals surface area contributed by atoms with Gasteiger partial charge in [0.25, 0.3) is 0 Å². The Kier molecular flexibility index (Phi) is 10.1. The number of carbonyl (C=O) groups is 3. The molecule has 0 bridgehead atoms. The summed E-state index contributed by atoms with van der Waals surface area (Å²) in [5.41, 5.74) is -0.246. The highest BCUT2D eigenvalue weighted by Gasteiger charge is 2.24. The first-order chi connectivity index (χ1) is 13.6. The van der Waals surface area contributed by atoms with Gasteiger partial charge in [-0.2, -0.15) is 4.98 Å².